The molecule has 1 atom stereocenters. The number of nitro benzene ring substituents is 1. The normalized spacial score (nSPS) is 11.7. The molecule has 1 unspecified atom stereocenters. The lowest BCUT2D eigenvalue weighted by molar-refractivity contribution is -0.384. The van der Waals surface area contributed by atoms with Crippen LogP contribution in [0.5, 0.6) is 0 Å². The molecule has 0 aromatic heterocycles. The van der Waals surface area contributed by atoms with Gasteiger partial charge in [0.05, 0.1) is 10.2 Å². The lowest BCUT2D eigenvalue weighted by Gasteiger charge is -2.15. The van der Waals surface area contributed by atoms with Gasteiger partial charge in [0.2, 0.25) is 5.91 Å². The van der Waals surface area contributed by atoms with Crippen molar-refractivity contribution in [1.29, 1.82) is 0 Å². The molecule has 43 heavy (non-hydrogen) atoms. The zero-order valence-corrected chi connectivity index (χ0v) is 24.6. The number of hydrogen-bond acceptors (Lipinski definition) is 6. The van der Waals surface area contributed by atoms with E-state index in [4.69, 9.17) is 0 Å². The second-order valence-corrected chi connectivity index (χ2v) is 11.2. The number of anilines is 2. The Hall–Kier alpha value is -5.22. The van der Waals surface area contributed by atoms with E-state index in [0.717, 1.165) is 21.7 Å². The van der Waals surface area contributed by atoms with Gasteiger partial charge in [-0.1, -0.05) is 36.4 Å². The van der Waals surface area contributed by atoms with Crippen molar-refractivity contribution in [1.82, 2.24) is 5.32 Å². The van der Waals surface area contributed by atoms with Gasteiger partial charge in [0.1, 0.15) is 5.70 Å². The molecule has 3 N–H and O–H groups in total. The van der Waals surface area contributed by atoms with Crippen molar-refractivity contribution in [2.24, 2.45) is 0 Å². The molecule has 0 heterocycles. The van der Waals surface area contributed by atoms with Gasteiger partial charge in [0.15, 0.2) is 0 Å². The van der Waals surface area contributed by atoms with Gasteiger partial charge in [-0.05, 0) is 92.1 Å². The minimum Gasteiger partial charge on any atom is -0.325 e. The van der Waals surface area contributed by atoms with Crippen LogP contribution in [0.4, 0.5) is 17.1 Å². The summed E-state index contributed by atoms with van der Waals surface area (Å²) in [4.78, 5) is 50.5. The molecule has 0 aliphatic heterocycles. The molecule has 0 spiro atoms. The number of nitrogens with one attached hydrogen (secondary N) is 3. The first-order valence-corrected chi connectivity index (χ1v) is 14.3. The summed E-state index contributed by atoms with van der Waals surface area (Å²) < 4.78 is 0. The number of aryl methyl sites for hydroxylation is 2. The zero-order chi connectivity index (χ0) is 30.9. The number of carbonyl (C=O) groups is 3. The smallest absolute Gasteiger partial charge is 0.272 e. The highest BCUT2D eigenvalue weighted by Crippen LogP contribution is 2.27. The number of amides is 3. The molecule has 10 heteroatoms. The Kier molecular flexibility index (Phi) is 10.1. The minimum atomic E-state index is -0.592. The lowest BCUT2D eigenvalue weighted by atomic mass is 10.1. The van der Waals surface area contributed by atoms with Crippen LogP contribution in [0.2, 0.25) is 0 Å². The lowest BCUT2D eigenvalue weighted by Crippen LogP contribution is -2.30. The van der Waals surface area contributed by atoms with Gasteiger partial charge in [-0.15, -0.1) is 11.8 Å². The number of non-ortho nitro benzene ring substituents is 1. The van der Waals surface area contributed by atoms with Crippen molar-refractivity contribution >= 4 is 52.6 Å². The first-order valence-electron chi connectivity index (χ1n) is 13.4. The quantitative estimate of drug-likeness (QED) is 0.0807. The highest BCUT2D eigenvalue weighted by atomic mass is 32.2. The van der Waals surface area contributed by atoms with Crippen LogP contribution < -0.4 is 16.0 Å². The molecule has 218 valence electrons. The molecule has 4 rings (SSSR count). The number of carbonyl (C=O) groups excluding carboxylic acids is 3. The fraction of sp³-hybridized carbons (Fsp3) is 0.121. The van der Waals surface area contributed by atoms with E-state index < -0.39 is 22.0 Å². The van der Waals surface area contributed by atoms with Crippen LogP contribution >= 0.6 is 11.8 Å². The van der Waals surface area contributed by atoms with Crippen LogP contribution in [0.15, 0.2) is 108 Å². The molecule has 0 aliphatic rings. The summed E-state index contributed by atoms with van der Waals surface area (Å²) in [5.41, 5.74) is 3.94. The van der Waals surface area contributed by atoms with Crippen molar-refractivity contribution in [3.63, 3.8) is 0 Å². The Morgan fingerprint density at radius 3 is 2.28 bits per heavy atom. The predicted molar refractivity (Wildman–Crippen MR) is 170 cm³/mol. The zero-order valence-electron chi connectivity index (χ0n) is 23.8. The van der Waals surface area contributed by atoms with Gasteiger partial charge >= 0.3 is 0 Å². The Morgan fingerprint density at radius 2 is 1.58 bits per heavy atom. The van der Waals surface area contributed by atoms with Gasteiger partial charge in [-0.2, -0.15) is 0 Å². The van der Waals surface area contributed by atoms with Crippen LogP contribution in [0, 0.1) is 24.0 Å². The summed E-state index contributed by atoms with van der Waals surface area (Å²) in [5.74, 6) is -1.23. The third-order valence-electron chi connectivity index (χ3n) is 6.37. The van der Waals surface area contributed by atoms with Crippen molar-refractivity contribution in [2.45, 2.75) is 30.9 Å². The third kappa shape index (κ3) is 8.64. The summed E-state index contributed by atoms with van der Waals surface area (Å²) in [7, 11) is 0. The molecule has 0 saturated heterocycles. The van der Waals surface area contributed by atoms with Crippen LogP contribution in [-0.4, -0.2) is 27.9 Å². The van der Waals surface area contributed by atoms with E-state index in [1.54, 1.807) is 55.5 Å². The Bertz CT molecular complexity index is 1690. The molecule has 0 bridgehead atoms. The van der Waals surface area contributed by atoms with Crippen LogP contribution in [0.1, 0.15) is 34.0 Å². The van der Waals surface area contributed by atoms with Crippen LogP contribution in [0.3, 0.4) is 0 Å². The average molecular weight is 595 g/mol. The summed E-state index contributed by atoms with van der Waals surface area (Å²) >= 11 is 1.34. The van der Waals surface area contributed by atoms with Gasteiger partial charge in [0.25, 0.3) is 17.5 Å². The maximum Gasteiger partial charge on any atom is 0.272 e. The van der Waals surface area contributed by atoms with Gasteiger partial charge in [-0.3, -0.25) is 24.5 Å². The van der Waals surface area contributed by atoms with Crippen molar-refractivity contribution in [3.05, 3.63) is 135 Å². The Labute approximate surface area is 253 Å². The number of hydrogen-bond donors (Lipinski definition) is 3. The van der Waals surface area contributed by atoms with E-state index in [1.165, 1.54) is 42.1 Å². The standard InChI is InChI=1S/C33H30N4O5S/c1-21-12-13-22(2)29(18-21)35-31(38)23(3)43-28-11-7-10-26(20-28)34-33(40)30(36-32(39)25-8-5-4-6-9-25)19-24-14-16-27(17-15-24)37(41)42/h4-20,23H,1-3H3,(H,34,40)(H,35,38)(H,36,39)/b30-19+. The van der Waals surface area contributed by atoms with Gasteiger partial charge in [-0.25, -0.2) is 0 Å². The van der Waals surface area contributed by atoms with Crippen molar-refractivity contribution < 1.29 is 19.3 Å². The largest absolute Gasteiger partial charge is 0.325 e. The van der Waals surface area contributed by atoms with E-state index in [2.05, 4.69) is 16.0 Å². The first-order chi connectivity index (χ1) is 20.6. The molecule has 4 aromatic carbocycles. The summed E-state index contributed by atoms with van der Waals surface area (Å²) in [5, 5.41) is 19.0. The molecule has 0 fully saturated rings. The molecular weight excluding hydrogens is 564 g/mol. The predicted octanol–water partition coefficient (Wildman–Crippen LogP) is 6.74. The number of benzene rings is 4. The molecule has 0 saturated carbocycles. The third-order valence-corrected chi connectivity index (χ3v) is 7.46. The van der Waals surface area contributed by atoms with Crippen molar-refractivity contribution in [3.8, 4) is 0 Å². The van der Waals surface area contributed by atoms with Crippen LogP contribution in [0.25, 0.3) is 6.08 Å². The highest BCUT2D eigenvalue weighted by Gasteiger charge is 2.18. The highest BCUT2D eigenvalue weighted by molar-refractivity contribution is 8.00. The number of nitro groups is 1. The SMILES string of the molecule is Cc1ccc(C)c(NC(=O)C(C)Sc2cccc(NC(=O)/C(=C\c3ccc([N+](=O)[O-])cc3)NC(=O)c3ccccc3)c2)c1. The monoisotopic (exact) mass is 594 g/mol. The molecule has 0 radical (unpaired) electrons. The molecular formula is C33H30N4O5S. The van der Waals surface area contributed by atoms with E-state index >= 15 is 0 Å². The van der Waals surface area contributed by atoms with E-state index in [9.17, 15) is 24.5 Å². The average Bonchev–Trinajstić information content (AvgIpc) is 2.99. The van der Waals surface area contributed by atoms with Crippen molar-refractivity contribution in [2.75, 3.05) is 10.6 Å². The Balaban J connectivity index is 1.50. The fourth-order valence-electron chi connectivity index (χ4n) is 4.01. The maximum absolute atomic E-state index is 13.4. The maximum atomic E-state index is 13.4. The van der Waals surface area contributed by atoms with Gasteiger partial charge in [0, 0.05) is 34.0 Å². The topological polar surface area (TPSA) is 130 Å². The molecule has 0 aliphatic carbocycles. The van der Waals surface area contributed by atoms with E-state index in [0.29, 0.717) is 16.8 Å². The summed E-state index contributed by atoms with van der Waals surface area (Å²) in [6.45, 7) is 5.71. The first kappa shape index (κ1) is 30.7. The van der Waals surface area contributed by atoms with Crippen LogP contribution in [-0.2, 0) is 9.59 Å². The molecule has 3 amide bonds. The van der Waals surface area contributed by atoms with E-state index in [-0.39, 0.29) is 17.3 Å². The second kappa shape index (κ2) is 14.1. The number of nitrogens with zero attached hydrogens (tertiary/aromatic N) is 1. The minimum absolute atomic E-state index is 0.0537. The number of rotatable bonds is 10. The van der Waals surface area contributed by atoms with Gasteiger partial charge < -0.3 is 16.0 Å². The van der Waals surface area contributed by atoms with E-state index in [1.807, 2.05) is 38.1 Å². The number of thioether (sulfide) groups is 1. The molecule has 9 nitrogen and oxygen atoms in total. The fourth-order valence-corrected chi connectivity index (χ4v) is 4.94. The summed E-state index contributed by atoms with van der Waals surface area (Å²) in [6, 6.07) is 27.0. The Morgan fingerprint density at radius 1 is 0.860 bits per heavy atom. The second-order valence-electron chi connectivity index (χ2n) is 9.78. The molecule has 4 aromatic rings. The summed E-state index contributed by atoms with van der Waals surface area (Å²) in [6.07, 6.45) is 1.44.